The summed E-state index contributed by atoms with van der Waals surface area (Å²) in [6.45, 7) is 7.34. The normalized spacial score (nSPS) is 16.1. The fourth-order valence-electron chi connectivity index (χ4n) is 3.30. The minimum absolute atomic E-state index is 0.0707. The molecule has 0 unspecified atom stereocenters. The van der Waals surface area contributed by atoms with Crippen molar-refractivity contribution in [2.75, 3.05) is 39.3 Å². The maximum Gasteiger partial charge on any atom is 0.251 e. The van der Waals surface area contributed by atoms with Crippen LogP contribution >= 0.6 is 0 Å². The molecule has 0 atom stereocenters. The summed E-state index contributed by atoms with van der Waals surface area (Å²) in [5.74, 6) is -0.0707. The van der Waals surface area contributed by atoms with Gasteiger partial charge in [-0.25, -0.2) is 8.42 Å². The minimum atomic E-state index is -3.44. The van der Waals surface area contributed by atoms with E-state index in [2.05, 4.69) is 10.2 Å². The number of piperazine rings is 1. The van der Waals surface area contributed by atoms with Crippen molar-refractivity contribution in [2.45, 2.75) is 18.7 Å². The number of rotatable bonds is 6. The second-order valence-corrected chi connectivity index (χ2v) is 9.07. The summed E-state index contributed by atoms with van der Waals surface area (Å²) in [6, 6.07) is 14.5. The molecule has 0 saturated carbocycles. The van der Waals surface area contributed by atoms with Crippen LogP contribution < -0.4 is 5.32 Å². The molecule has 0 bridgehead atoms. The lowest BCUT2D eigenvalue weighted by Crippen LogP contribution is -2.50. The Kier molecular flexibility index (Phi) is 6.49. The van der Waals surface area contributed by atoms with E-state index >= 15 is 0 Å². The fraction of sp³-hybridized carbons (Fsp3) is 0.381. The van der Waals surface area contributed by atoms with Crippen molar-refractivity contribution < 1.29 is 13.2 Å². The van der Waals surface area contributed by atoms with Gasteiger partial charge in [-0.3, -0.25) is 9.69 Å². The number of hydrogen-bond donors (Lipinski definition) is 1. The molecule has 1 aliphatic rings. The van der Waals surface area contributed by atoms with Gasteiger partial charge in [0.15, 0.2) is 0 Å². The highest BCUT2D eigenvalue weighted by Crippen LogP contribution is 2.18. The molecule has 1 aliphatic heterocycles. The van der Waals surface area contributed by atoms with Gasteiger partial charge in [0, 0.05) is 44.8 Å². The molecule has 2 aromatic carbocycles. The summed E-state index contributed by atoms with van der Waals surface area (Å²) in [5, 5.41) is 2.95. The molecule has 1 heterocycles. The number of nitrogens with one attached hydrogen (secondary N) is 1. The van der Waals surface area contributed by atoms with E-state index in [1.54, 1.807) is 16.4 Å². The van der Waals surface area contributed by atoms with E-state index in [1.807, 2.05) is 50.2 Å². The molecule has 0 aliphatic carbocycles. The standard InChI is InChI=1S/C21H27N3O3S/c1-17-7-9-19(10-8-17)28(26,27)24-15-13-23(14-16-24)12-11-22-21(25)20-6-4-3-5-18(20)2/h3-10H,11-16H2,1-2H3,(H,22,25). The molecule has 1 saturated heterocycles. The monoisotopic (exact) mass is 401 g/mol. The van der Waals surface area contributed by atoms with Crippen LogP contribution in [0, 0.1) is 13.8 Å². The van der Waals surface area contributed by atoms with Crippen LogP contribution in [-0.2, 0) is 10.0 Å². The average Bonchev–Trinajstić information content (AvgIpc) is 2.69. The molecule has 0 spiro atoms. The number of benzene rings is 2. The highest BCUT2D eigenvalue weighted by atomic mass is 32.2. The van der Waals surface area contributed by atoms with Gasteiger partial charge in [-0.05, 0) is 37.6 Å². The number of nitrogens with zero attached hydrogens (tertiary/aromatic N) is 2. The Labute approximate surface area is 167 Å². The molecule has 2 aromatic rings. The Balaban J connectivity index is 1.47. The van der Waals surface area contributed by atoms with Crippen molar-refractivity contribution in [1.82, 2.24) is 14.5 Å². The topological polar surface area (TPSA) is 69.7 Å². The van der Waals surface area contributed by atoms with E-state index in [4.69, 9.17) is 0 Å². The van der Waals surface area contributed by atoms with Crippen molar-refractivity contribution in [1.29, 1.82) is 0 Å². The average molecular weight is 402 g/mol. The van der Waals surface area contributed by atoms with Gasteiger partial charge in [0.1, 0.15) is 0 Å². The molecule has 7 heteroatoms. The lowest BCUT2D eigenvalue weighted by Gasteiger charge is -2.34. The summed E-state index contributed by atoms with van der Waals surface area (Å²) < 4.78 is 27.0. The van der Waals surface area contributed by atoms with Crippen molar-refractivity contribution in [2.24, 2.45) is 0 Å². The zero-order chi connectivity index (χ0) is 20.1. The largest absolute Gasteiger partial charge is 0.351 e. The predicted octanol–water partition coefficient (Wildman–Crippen LogP) is 2.04. The molecule has 150 valence electrons. The maximum absolute atomic E-state index is 12.7. The molecule has 28 heavy (non-hydrogen) atoms. The van der Waals surface area contributed by atoms with E-state index in [9.17, 15) is 13.2 Å². The van der Waals surface area contributed by atoms with Gasteiger partial charge in [-0.1, -0.05) is 35.9 Å². The number of sulfonamides is 1. The van der Waals surface area contributed by atoms with Crippen molar-refractivity contribution >= 4 is 15.9 Å². The first-order chi connectivity index (χ1) is 13.4. The Morgan fingerprint density at radius 2 is 1.61 bits per heavy atom. The highest BCUT2D eigenvalue weighted by molar-refractivity contribution is 7.89. The van der Waals surface area contributed by atoms with E-state index < -0.39 is 10.0 Å². The van der Waals surface area contributed by atoms with Gasteiger partial charge in [0.2, 0.25) is 10.0 Å². The lowest BCUT2D eigenvalue weighted by molar-refractivity contribution is 0.0944. The van der Waals surface area contributed by atoms with Crippen LogP contribution in [-0.4, -0.2) is 62.8 Å². The van der Waals surface area contributed by atoms with Gasteiger partial charge in [0.05, 0.1) is 4.90 Å². The summed E-state index contributed by atoms with van der Waals surface area (Å²) in [7, 11) is -3.44. The molecule has 0 radical (unpaired) electrons. The van der Waals surface area contributed by atoms with Gasteiger partial charge >= 0.3 is 0 Å². The van der Waals surface area contributed by atoms with Crippen molar-refractivity contribution in [3.8, 4) is 0 Å². The SMILES string of the molecule is Cc1ccc(S(=O)(=O)N2CCN(CCNC(=O)c3ccccc3C)CC2)cc1. The molecule has 1 fully saturated rings. The molecule has 1 amide bonds. The molecule has 1 N–H and O–H groups in total. The quantitative estimate of drug-likeness (QED) is 0.804. The van der Waals surface area contributed by atoms with Gasteiger partial charge in [-0.2, -0.15) is 4.31 Å². The van der Waals surface area contributed by atoms with Crippen LogP contribution in [0.25, 0.3) is 0 Å². The Hall–Kier alpha value is -2.22. The first kappa shape index (κ1) is 20.5. The van der Waals surface area contributed by atoms with Crippen LogP contribution in [0.3, 0.4) is 0 Å². The second-order valence-electron chi connectivity index (χ2n) is 7.13. The summed E-state index contributed by atoms with van der Waals surface area (Å²) in [6.07, 6.45) is 0. The zero-order valence-electron chi connectivity index (χ0n) is 16.4. The number of aryl methyl sites for hydroxylation is 2. The zero-order valence-corrected chi connectivity index (χ0v) is 17.2. The van der Waals surface area contributed by atoms with Crippen molar-refractivity contribution in [3.63, 3.8) is 0 Å². The van der Waals surface area contributed by atoms with Crippen LogP contribution in [0.4, 0.5) is 0 Å². The first-order valence-corrected chi connectivity index (χ1v) is 10.9. The highest BCUT2D eigenvalue weighted by Gasteiger charge is 2.28. The van der Waals surface area contributed by atoms with Crippen LogP contribution in [0.2, 0.25) is 0 Å². The minimum Gasteiger partial charge on any atom is -0.351 e. The second kappa shape index (κ2) is 8.86. The van der Waals surface area contributed by atoms with E-state index in [1.165, 1.54) is 0 Å². The fourth-order valence-corrected chi connectivity index (χ4v) is 4.73. The van der Waals surface area contributed by atoms with Gasteiger partial charge in [-0.15, -0.1) is 0 Å². The summed E-state index contributed by atoms with van der Waals surface area (Å²) >= 11 is 0. The van der Waals surface area contributed by atoms with Crippen LogP contribution in [0.5, 0.6) is 0 Å². The third kappa shape index (κ3) is 4.79. The Morgan fingerprint density at radius 1 is 0.964 bits per heavy atom. The predicted molar refractivity (Wildman–Crippen MR) is 110 cm³/mol. The Bertz CT molecular complexity index is 918. The third-order valence-corrected chi connectivity index (χ3v) is 7.01. The third-order valence-electron chi connectivity index (χ3n) is 5.09. The summed E-state index contributed by atoms with van der Waals surface area (Å²) in [5.41, 5.74) is 2.68. The van der Waals surface area contributed by atoms with Crippen molar-refractivity contribution in [3.05, 3.63) is 65.2 Å². The molecular formula is C21H27N3O3S. The van der Waals surface area contributed by atoms with Gasteiger partial charge in [0.25, 0.3) is 5.91 Å². The Morgan fingerprint density at radius 3 is 2.25 bits per heavy atom. The van der Waals surface area contributed by atoms with Gasteiger partial charge < -0.3 is 5.32 Å². The molecular weight excluding hydrogens is 374 g/mol. The maximum atomic E-state index is 12.7. The van der Waals surface area contributed by atoms with E-state index in [0.717, 1.165) is 11.1 Å². The number of amides is 1. The number of carbonyl (C=O) groups excluding carboxylic acids is 1. The van der Waals surface area contributed by atoms with E-state index in [-0.39, 0.29) is 5.91 Å². The van der Waals surface area contributed by atoms with Crippen LogP contribution in [0.1, 0.15) is 21.5 Å². The van der Waals surface area contributed by atoms with Crippen LogP contribution in [0.15, 0.2) is 53.4 Å². The van der Waals surface area contributed by atoms with E-state index in [0.29, 0.717) is 49.7 Å². The molecule has 3 rings (SSSR count). The number of carbonyl (C=O) groups is 1. The summed E-state index contributed by atoms with van der Waals surface area (Å²) in [4.78, 5) is 14.8. The lowest BCUT2D eigenvalue weighted by atomic mass is 10.1. The number of hydrogen-bond acceptors (Lipinski definition) is 4. The molecule has 6 nitrogen and oxygen atoms in total. The smallest absolute Gasteiger partial charge is 0.251 e. The first-order valence-electron chi connectivity index (χ1n) is 9.51. The molecule has 0 aromatic heterocycles.